The Kier molecular flexibility index (Phi) is 4.96. The average molecular weight is 317 g/mol. The molecule has 0 aliphatic heterocycles. The molecule has 4 nitrogen and oxygen atoms in total. The van der Waals surface area contributed by atoms with Crippen molar-refractivity contribution in [3.05, 3.63) is 76.3 Å². The van der Waals surface area contributed by atoms with Crippen LogP contribution in [0, 0.1) is 0 Å². The molecule has 0 unspecified atom stereocenters. The summed E-state index contributed by atoms with van der Waals surface area (Å²) in [6.45, 7) is 0. The number of hydrogen-bond acceptors (Lipinski definition) is 3. The minimum absolute atomic E-state index is 0.374. The van der Waals surface area contributed by atoms with Gasteiger partial charge in [0, 0.05) is 16.7 Å². The monoisotopic (exact) mass is 316 g/mol. The van der Waals surface area contributed by atoms with Gasteiger partial charge in [-0.3, -0.25) is 4.79 Å². The molecule has 0 heterocycles. The van der Waals surface area contributed by atoms with Crippen molar-refractivity contribution in [2.75, 3.05) is 0 Å². The highest BCUT2D eigenvalue weighted by Gasteiger charge is 2.11. The molecule has 2 N–H and O–H groups in total. The van der Waals surface area contributed by atoms with E-state index in [1.807, 2.05) is 24.3 Å². The molecular formula is C17H13ClO4. The zero-order chi connectivity index (χ0) is 16.1. The van der Waals surface area contributed by atoms with E-state index in [2.05, 4.69) is 0 Å². The van der Waals surface area contributed by atoms with Crippen LogP contribution >= 0.6 is 11.6 Å². The van der Waals surface area contributed by atoms with Gasteiger partial charge < -0.3 is 10.2 Å². The van der Waals surface area contributed by atoms with E-state index in [1.165, 1.54) is 0 Å². The van der Waals surface area contributed by atoms with Crippen molar-refractivity contribution in [1.82, 2.24) is 0 Å². The zero-order valence-electron chi connectivity index (χ0n) is 11.5. The van der Waals surface area contributed by atoms with Crippen LogP contribution in [-0.4, -0.2) is 22.0 Å². The number of carbonyl (C=O) groups is 2. The molecule has 0 saturated carbocycles. The lowest BCUT2D eigenvalue weighted by atomic mass is 10.0. The van der Waals surface area contributed by atoms with E-state index < -0.39 is 11.8 Å². The molecule has 22 heavy (non-hydrogen) atoms. The molecule has 112 valence electrons. The maximum absolute atomic E-state index is 11.1. The highest BCUT2D eigenvalue weighted by atomic mass is 35.5. The van der Waals surface area contributed by atoms with Crippen molar-refractivity contribution in [3.63, 3.8) is 0 Å². The van der Waals surface area contributed by atoms with Gasteiger partial charge in [0.15, 0.2) is 0 Å². The standard InChI is InChI=1S/C17H13ClO4/c18-14-7-2-1-5-12(14)8-11-4-3-6-13(9-11)15(19)10-16(20)17(21)22/h1-7,9-10,19H,8H2,(H,21,22)/b15-10-. The Morgan fingerprint density at radius 3 is 2.45 bits per heavy atom. The van der Waals surface area contributed by atoms with Gasteiger partial charge in [-0.25, -0.2) is 4.79 Å². The first kappa shape index (κ1) is 15.8. The summed E-state index contributed by atoms with van der Waals surface area (Å²) in [7, 11) is 0. The van der Waals surface area contributed by atoms with Gasteiger partial charge >= 0.3 is 5.97 Å². The van der Waals surface area contributed by atoms with Crippen molar-refractivity contribution in [3.8, 4) is 0 Å². The van der Waals surface area contributed by atoms with Crippen molar-refractivity contribution >= 4 is 29.1 Å². The summed E-state index contributed by atoms with van der Waals surface area (Å²) in [5.41, 5.74) is 2.19. The molecule has 0 bridgehead atoms. The number of benzene rings is 2. The van der Waals surface area contributed by atoms with Crippen LogP contribution in [0.2, 0.25) is 5.02 Å². The lowest BCUT2D eigenvalue weighted by molar-refractivity contribution is -0.146. The van der Waals surface area contributed by atoms with Gasteiger partial charge in [0.05, 0.1) is 0 Å². The van der Waals surface area contributed by atoms with E-state index in [0.29, 0.717) is 23.1 Å². The summed E-state index contributed by atoms with van der Waals surface area (Å²) in [6.07, 6.45) is 1.25. The smallest absolute Gasteiger partial charge is 0.376 e. The summed E-state index contributed by atoms with van der Waals surface area (Å²) < 4.78 is 0. The van der Waals surface area contributed by atoms with Crippen molar-refractivity contribution in [1.29, 1.82) is 0 Å². The number of aliphatic hydroxyl groups excluding tert-OH is 1. The summed E-state index contributed by atoms with van der Waals surface area (Å²) in [5.74, 6) is -3.17. The Bertz CT molecular complexity index is 750. The van der Waals surface area contributed by atoms with E-state index in [-0.39, 0.29) is 5.76 Å². The first-order chi connectivity index (χ1) is 10.5. The molecule has 0 saturated heterocycles. The molecule has 5 heteroatoms. The molecule has 0 aliphatic rings. The third kappa shape index (κ3) is 3.96. The maximum atomic E-state index is 11.1. The number of hydrogen-bond donors (Lipinski definition) is 2. The fourth-order valence-electron chi connectivity index (χ4n) is 1.97. The first-order valence-electron chi connectivity index (χ1n) is 6.48. The van der Waals surface area contributed by atoms with Crippen LogP contribution in [0.5, 0.6) is 0 Å². The molecular weight excluding hydrogens is 304 g/mol. The van der Waals surface area contributed by atoms with Gasteiger partial charge in [0.2, 0.25) is 0 Å². The largest absolute Gasteiger partial charge is 0.507 e. The van der Waals surface area contributed by atoms with Crippen LogP contribution in [0.15, 0.2) is 54.6 Å². The van der Waals surface area contributed by atoms with Crippen LogP contribution in [0.1, 0.15) is 16.7 Å². The van der Waals surface area contributed by atoms with Crippen LogP contribution in [0.4, 0.5) is 0 Å². The SMILES string of the molecule is O=C(O)C(=O)/C=C(\O)c1cccc(Cc2ccccc2Cl)c1. The van der Waals surface area contributed by atoms with Crippen LogP contribution in [-0.2, 0) is 16.0 Å². The predicted octanol–water partition coefficient (Wildman–Crippen LogP) is 3.48. The topological polar surface area (TPSA) is 74.6 Å². The molecule has 0 radical (unpaired) electrons. The van der Waals surface area contributed by atoms with Gasteiger partial charge in [0.1, 0.15) is 5.76 Å². The fraction of sp³-hybridized carbons (Fsp3) is 0.0588. The van der Waals surface area contributed by atoms with E-state index in [1.54, 1.807) is 24.3 Å². The Labute approximate surface area is 132 Å². The Hall–Kier alpha value is -2.59. The molecule has 2 aromatic carbocycles. The average Bonchev–Trinajstić information content (AvgIpc) is 2.49. The van der Waals surface area contributed by atoms with Crippen LogP contribution in [0.25, 0.3) is 5.76 Å². The van der Waals surface area contributed by atoms with Crippen molar-refractivity contribution in [2.24, 2.45) is 0 Å². The number of ketones is 1. The van der Waals surface area contributed by atoms with Crippen molar-refractivity contribution < 1.29 is 19.8 Å². The lowest BCUT2D eigenvalue weighted by Crippen LogP contribution is -2.09. The molecule has 0 aromatic heterocycles. The Balaban J connectivity index is 2.25. The molecule has 2 rings (SSSR count). The minimum atomic E-state index is -1.61. The third-order valence-corrected chi connectivity index (χ3v) is 3.42. The van der Waals surface area contributed by atoms with E-state index >= 15 is 0 Å². The highest BCUT2D eigenvalue weighted by molar-refractivity contribution is 6.38. The summed E-state index contributed by atoms with van der Waals surface area (Å²) in [4.78, 5) is 21.6. The summed E-state index contributed by atoms with van der Waals surface area (Å²) in [6, 6.07) is 14.3. The molecule has 2 aromatic rings. The number of rotatable bonds is 5. The van der Waals surface area contributed by atoms with Gasteiger partial charge in [-0.05, 0) is 29.7 Å². The Morgan fingerprint density at radius 2 is 1.77 bits per heavy atom. The van der Waals surface area contributed by atoms with E-state index in [0.717, 1.165) is 11.1 Å². The van der Waals surface area contributed by atoms with Gasteiger partial charge in [0.25, 0.3) is 5.78 Å². The predicted molar refractivity (Wildman–Crippen MR) is 83.9 cm³/mol. The van der Waals surface area contributed by atoms with Gasteiger partial charge in [-0.15, -0.1) is 0 Å². The Morgan fingerprint density at radius 1 is 1.05 bits per heavy atom. The number of carboxylic acids is 1. The number of halogens is 1. The first-order valence-corrected chi connectivity index (χ1v) is 6.86. The fourth-order valence-corrected chi connectivity index (χ4v) is 2.17. The number of aliphatic hydroxyl groups is 1. The van der Waals surface area contributed by atoms with Crippen LogP contribution in [0.3, 0.4) is 0 Å². The molecule has 0 amide bonds. The molecule has 0 aliphatic carbocycles. The van der Waals surface area contributed by atoms with Crippen LogP contribution < -0.4 is 0 Å². The summed E-state index contributed by atoms with van der Waals surface area (Å²) >= 11 is 6.11. The summed E-state index contributed by atoms with van der Waals surface area (Å²) in [5, 5.41) is 19.0. The van der Waals surface area contributed by atoms with E-state index in [4.69, 9.17) is 16.7 Å². The second-order valence-electron chi connectivity index (χ2n) is 4.67. The minimum Gasteiger partial charge on any atom is -0.507 e. The van der Waals surface area contributed by atoms with Crippen molar-refractivity contribution in [2.45, 2.75) is 6.42 Å². The van der Waals surface area contributed by atoms with Gasteiger partial charge in [-0.1, -0.05) is 48.0 Å². The number of carbonyl (C=O) groups excluding carboxylic acids is 1. The molecule has 0 spiro atoms. The lowest BCUT2D eigenvalue weighted by Gasteiger charge is -2.06. The number of aliphatic carboxylic acids is 1. The highest BCUT2D eigenvalue weighted by Crippen LogP contribution is 2.21. The number of carboxylic acid groups (broad SMARTS) is 1. The maximum Gasteiger partial charge on any atom is 0.376 e. The molecule has 0 fully saturated rings. The second kappa shape index (κ2) is 6.91. The molecule has 0 atom stereocenters. The van der Waals surface area contributed by atoms with E-state index in [9.17, 15) is 14.7 Å². The zero-order valence-corrected chi connectivity index (χ0v) is 12.2. The van der Waals surface area contributed by atoms with Gasteiger partial charge in [-0.2, -0.15) is 0 Å². The quantitative estimate of drug-likeness (QED) is 0.503. The third-order valence-electron chi connectivity index (χ3n) is 3.05. The second-order valence-corrected chi connectivity index (χ2v) is 5.07. The normalized spacial score (nSPS) is 11.2.